The van der Waals surface area contributed by atoms with E-state index >= 15 is 0 Å². The number of hydrogen-bond acceptors (Lipinski definition) is 2. The van der Waals surface area contributed by atoms with E-state index in [4.69, 9.17) is 17.3 Å². The third-order valence-corrected chi connectivity index (χ3v) is 1.82. The molecule has 0 amide bonds. The predicted octanol–water partition coefficient (Wildman–Crippen LogP) is 1.94. The smallest absolute Gasteiger partial charge is 0.118 e. The normalized spacial score (nSPS) is 12.9. The van der Waals surface area contributed by atoms with Crippen LogP contribution in [0.3, 0.4) is 0 Å². The zero-order valence-electron chi connectivity index (χ0n) is 6.92. The number of phenolic OH excluding ortho intramolecular Hbond substituents is 1. The molecule has 3 N–H and O–H groups in total. The van der Waals surface area contributed by atoms with Crippen molar-refractivity contribution in [1.29, 1.82) is 0 Å². The molecular formula is C9H12ClNO. The van der Waals surface area contributed by atoms with E-state index in [0.717, 1.165) is 5.56 Å². The summed E-state index contributed by atoms with van der Waals surface area (Å²) in [7, 11) is 0. The first-order valence-corrected chi connectivity index (χ1v) is 4.20. The quantitative estimate of drug-likeness (QED) is 0.740. The van der Waals surface area contributed by atoms with Gasteiger partial charge in [-0.1, -0.05) is 11.6 Å². The molecule has 1 unspecified atom stereocenters. The fraction of sp³-hybridized carbons (Fsp3) is 0.333. The van der Waals surface area contributed by atoms with Gasteiger partial charge in [0.05, 0.1) is 0 Å². The van der Waals surface area contributed by atoms with Crippen LogP contribution >= 0.6 is 11.6 Å². The second kappa shape index (κ2) is 3.78. The zero-order chi connectivity index (χ0) is 9.14. The van der Waals surface area contributed by atoms with Crippen molar-refractivity contribution in [2.75, 3.05) is 0 Å². The molecule has 66 valence electrons. The lowest BCUT2D eigenvalue weighted by atomic mass is 10.1. The summed E-state index contributed by atoms with van der Waals surface area (Å²) >= 11 is 5.75. The van der Waals surface area contributed by atoms with Crippen molar-refractivity contribution >= 4 is 11.6 Å². The highest BCUT2D eigenvalue weighted by molar-refractivity contribution is 6.30. The number of nitrogens with two attached hydrogens (primary N) is 1. The molecule has 2 nitrogen and oxygen atoms in total. The molecule has 0 saturated carbocycles. The Kier molecular flexibility index (Phi) is 2.95. The molecule has 0 radical (unpaired) electrons. The minimum Gasteiger partial charge on any atom is -0.508 e. The number of benzene rings is 1. The second-order valence-corrected chi connectivity index (χ2v) is 3.39. The first-order valence-electron chi connectivity index (χ1n) is 3.82. The van der Waals surface area contributed by atoms with E-state index in [1.54, 1.807) is 18.2 Å². The molecule has 0 heterocycles. The SMILES string of the molecule is CC(N)Cc1cc(Cl)ccc1O. The number of hydrogen-bond donors (Lipinski definition) is 2. The molecule has 0 aliphatic carbocycles. The molecule has 0 spiro atoms. The summed E-state index contributed by atoms with van der Waals surface area (Å²) in [6.07, 6.45) is 0.645. The molecule has 0 bridgehead atoms. The summed E-state index contributed by atoms with van der Waals surface area (Å²) in [5.41, 5.74) is 6.39. The third kappa shape index (κ3) is 2.40. The zero-order valence-corrected chi connectivity index (χ0v) is 7.67. The van der Waals surface area contributed by atoms with E-state index < -0.39 is 0 Å². The van der Waals surface area contributed by atoms with Gasteiger partial charge in [0.15, 0.2) is 0 Å². The molecule has 1 aromatic rings. The average Bonchev–Trinajstić information content (AvgIpc) is 1.96. The van der Waals surface area contributed by atoms with E-state index in [2.05, 4.69) is 0 Å². The van der Waals surface area contributed by atoms with Crippen molar-refractivity contribution in [2.24, 2.45) is 5.73 Å². The van der Waals surface area contributed by atoms with Gasteiger partial charge in [0, 0.05) is 11.1 Å². The topological polar surface area (TPSA) is 46.2 Å². The van der Waals surface area contributed by atoms with Crippen LogP contribution in [-0.2, 0) is 6.42 Å². The Bertz CT molecular complexity index is 273. The molecule has 0 aliphatic rings. The fourth-order valence-electron chi connectivity index (χ4n) is 1.06. The van der Waals surface area contributed by atoms with Crippen LogP contribution in [0.15, 0.2) is 18.2 Å². The summed E-state index contributed by atoms with van der Waals surface area (Å²) in [4.78, 5) is 0. The lowest BCUT2D eigenvalue weighted by Gasteiger charge is -2.07. The lowest BCUT2D eigenvalue weighted by Crippen LogP contribution is -2.17. The highest BCUT2D eigenvalue weighted by atomic mass is 35.5. The van der Waals surface area contributed by atoms with Crippen molar-refractivity contribution < 1.29 is 5.11 Å². The van der Waals surface area contributed by atoms with Crippen LogP contribution in [0.1, 0.15) is 12.5 Å². The summed E-state index contributed by atoms with van der Waals surface area (Å²) in [6, 6.07) is 5.01. The van der Waals surface area contributed by atoms with Gasteiger partial charge < -0.3 is 10.8 Å². The van der Waals surface area contributed by atoms with E-state index in [9.17, 15) is 5.11 Å². The first-order chi connectivity index (χ1) is 5.59. The fourth-order valence-corrected chi connectivity index (χ4v) is 1.26. The maximum absolute atomic E-state index is 9.37. The minimum atomic E-state index is 0.0365. The number of phenols is 1. The van der Waals surface area contributed by atoms with Crippen molar-refractivity contribution in [3.8, 4) is 5.75 Å². The Balaban J connectivity index is 2.90. The van der Waals surface area contributed by atoms with E-state index in [-0.39, 0.29) is 11.8 Å². The molecule has 0 saturated heterocycles. The Labute approximate surface area is 77.0 Å². The maximum Gasteiger partial charge on any atom is 0.118 e. The summed E-state index contributed by atoms with van der Waals surface area (Å²) in [6.45, 7) is 1.89. The van der Waals surface area contributed by atoms with E-state index in [1.165, 1.54) is 0 Å². The summed E-state index contributed by atoms with van der Waals surface area (Å²) in [5.74, 6) is 0.261. The molecule has 12 heavy (non-hydrogen) atoms. The molecule has 1 aromatic carbocycles. The number of rotatable bonds is 2. The van der Waals surface area contributed by atoms with Crippen LogP contribution in [-0.4, -0.2) is 11.1 Å². The number of halogens is 1. The standard InChI is InChI=1S/C9H12ClNO/c1-6(11)4-7-5-8(10)2-3-9(7)12/h2-3,5-6,12H,4,11H2,1H3. The van der Waals surface area contributed by atoms with Gasteiger partial charge in [-0.25, -0.2) is 0 Å². The first kappa shape index (κ1) is 9.36. The molecule has 0 aliphatic heterocycles. The summed E-state index contributed by atoms with van der Waals surface area (Å²) < 4.78 is 0. The molecule has 1 atom stereocenters. The average molecular weight is 186 g/mol. The van der Waals surface area contributed by atoms with Gasteiger partial charge in [-0.05, 0) is 37.1 Å². The van der Waals surface area contributed by atoms with Gasteiger partial charge in [-0.2, -0.15) is 0 Å². The van der Waals surface area contributed by atoms with Gasteiger partial charge >= 0.3 is 0 Å². The van der Waals surface area contributed by atoms with Crippen molar-refractivity contribution in [1.82, 2.24) is 0 Å². The van der Waals surface area contributed by atoms with E-state index in [1.807, 2.05) is 6.92 Å². The van der Waals surface area contributed by atoms with Crippen LogP contribution in [0.2, 0.25) is 5.02 Å². The third-order valence-electron chi connectivity index (χ3n) is 1.58. The molecule has 1 rings (SSSR count). The minimum absolute atomic E-state index is 0.0365. The Morgan fingerprint density at radius 1 is 1.58 bits per heavy atom. The van der Waals surface area contributed by atoms with Gasteiger partial charge in [0.25, 0.3) is 0 Å². The Morgan fingerprint density at radius 2 is 2.25 bits per heavy atom. The molecule has 0 fully saturated rings. The largest absolute Gasteiger partial charge is 0.508 e. The van der Waals surface area contributed by atoms with Crippen LogP contribution in [0, 0.1) is 0 Å². The van der Waals surface area contributed by atoms with Crippen molar-refractivity contribution in [3.63, 3.8) is 0 Å². The molecule has 0 aromatic heterocycles. The predicted molar refractivity (Wildman–Crippen MR) is 50.5 cm³/mol. The van der Waals surface area contributed by atoms with Crippen LogP contribution < -0.4 is 5.73 Å². The second-order valence-electron chi connectivity index (χ2n) is 2.95. The van der Waals surface area contributed by atoms with Crippen molar-refractivity contribution in [2.45, 2.75) is 19.4 Å². The highest BCUT2D eigenvalue weighted by Gasteiger charge is 2.03. The monoisotopic (exact) mass is 185 g/mol. The Hall–Kier alpha value is -0.730. The van der Waals surface area contributed by atoms with Crippen LogP contribution in [0.25, 0.3) is 0 Å². The van der Waals surface area contributed by atoms with Crippen molar-refractivity contribution in [3.05, 3.63) is 28.8 Å². The van der Waals surface area contributed by atoms with E-state index in [0.29, 0.717) is 11.4 Å². The number of aromatic hydroxyl groups is 1. The molecule has 3 heteroatoms. The van der Waals surface area contributed by atoms with Crippen LogP contribution in [0.4, 0.5) is 0 Å². The maximum atomic E-state index is 9.37. The Morgan fingerprint density at radius 3 is 2.83 bits per heavy atom. The van der Waals surface area contributed by atoms with Gasteiger partial charge in [0.2, 0.25) is 0 Å². The lowest BCUT2D eigenvalue weighted by molar-refractivity contribution is 0.465. The van der Waals surface area contributed by atoms with Gasteiger partial charge in [0.1, 0.15) is 5.75 Å². The molecular weight excluding hydrogens is 174 g/mol. The van der Waals surface area contributed by atoms with Gasteiger partial charge in [-0.3, -0.25) is 0 Å². The summed E-state index contributed by atoms with van der Waals surface area (Å²) in [5, 5.41) is 10.00. The highest BCUT2D eigenvalue weighted by Crippen LogP contribution is 2.22. The van der Waals surface area contributed by atoms with Gasteiger partial charge in [-0.15, -0.1) is 0 Å². The van der Waals surface area contributed by atoms with Crippen LogP contribution in [0.5, 0.6) is 5.75 Å².